The maximum atomic E-state index is 13.1. The Labute approximate surface area is 160 Å². The number of aliphatic hydroxyl groups excluding tert-OH is 1. The molecular weight excluding hydrogens is 372 g/mol. The molecule has 0 radical (unpaired) electrons. The molecule has 0 unspecified atom stereocenters. The van der Waals surface area contributed by atoms with Gasteiger partial charge in [-0.1, -0.05) is 6.42 Å². The van der Waals surface area contributed by atoms with Crippen molar-refractivity contribution in [2.24, 2.45) is 5.92 Å². The highest BCUT2D eigenvalue weighted by Crippen LogP contribution is 2.53. The predicted octanol–water partition coefficient (Wildman–Crippen LogP) is 1.87. The molecule has 2 aromatic heterocycles. The van der Waals surface area contributed by atoms with Crippen LogP contribution in [0.15, 0.2) is 12.4 Å². The number of anilines is 1. The molecule has 2 aromatic rings. The van der Waals surface area contributed by atoms with Crippen molar-refractivity contribution in [1.29, 1.82) is 0 Å². The lowest BCUT2D eigenvalue weighted by Crippen LogP contribution is -2.64. The molecule has 0 spiro atoms. The number of hydrogen-bond donors (Lipinski definition) is 4. The van der Waals surface area contributed by atoms with Gasteiger partial charge in [0.2, 0.25) is 0 Å². The third-order valence-electron chi connectivity index (χ3n) is 5.77. The molecule has 2 atom stereocenters. The zero-order valence-corrected chi connectivity index (χ0v) is 15.8. The van der Waals surface area contributed by atoms with E-state index in [4.69, 9.17) is 17.4 Å². The van der Waals surface area contributed by atoms with E-state index in [-0.39, 0.29) is 24.5 Å². The second-order valence-electron chi connectivity index (χ2n) is 7.07. The predicted molar refractivity (Wildman–Crippen MR) is 102 cm³/mol. The molecule has 5 rings (SSSR count). The van der Waals surface area contributed by atoms with Crippen LogP contribution in [0.4, 0.5) is 5.69 Å². The van der Waals surface area contributed by atoms with Gasteiger partial charge >= 0.3 is 0 Å². The molecule has 0 aromatic carbocycles. The van der Waals surface area contributed by atoms with Crippen LogP contribution in [0.3, 0.4) is 0 Å². The number of nitrogens with one attached hydrogen (secondary N) is 2. The molecule has 0 saturated heterocycles. The lowest BCUT2D eigenvalue weighted by atomic mass is 9.76. The van der Waals surface area contributed by atoms with E-state index in [2.05, 4.69) is 20.4 Å². The third kappa shape index (κ3) is 2.17. The van der Waals surface area contributed by atoms with Crippen molar-refractivity contribution in [3.05, 3.63) is 17.3 Å². The highest BCUT2D eigenvalue weighted by molar-refractivity contribution is 7.81. The van der Waals surface area contributed by atoms with Gasteiger partial charge in [-0.25, -0.2) is 0 Å². The number of ether oxygens (including phenoxy) is 1. The van der Waals surface area contributed by atoms with E-state index in [0.29, 0.717) is 23.8 Å². The van der Waals surface area contributed by atoms with Gasteiger partial charge in [0.15, 0.2) is 5.75 Å². The van der Waals surface area contributed by atoms with Crippen molar-refractivity contribution in [3.63, 3.8) is 0 Å². The smallest absolute Gasteiger partial charge is 0.264 e. The van der Waals surface area contributed by atoms with Crippen molar-refractivity contribution < 1.29 is 14.6 Å². The highest BCUT2D eigenvalue weighted by atomic mass is 32.1. The average molecular weight is 393 g/mol. The molecular formula is C17H20N4O3S2. The normalized spacial score (nSPS) is 28.0. The van der Waals surface area contributed by atoms with Gasteiger partial charge in [0.25, 0.3) is 5.91 Å². The second-order valence-corrected chi connectivity index (χ2v) is 8.83. The van der Waals surface area contributed by atoms with Gasteiger partial charge in [0.1, 0.15) is 22.0 Å². The van der Waals surface area contributed by atoms with E-state index in [1.807, 2.05) is 0 Å². The lowest BCUT2D eigenvalue weighted by Gasteiger charge is -2.49. The fourth-order valence-corrected chi connectivity index (χ4v) is 5.92. The number of aromatic amines is 1. The van der Waals surface area contributed by atoms with E-state index >= 15 is 0 Å². The zero-order chi connectivity index (χ0) is 17.9. The van der Waals surface area contributed by atoms with E-state index in [1.165, 1.54) is 11.3 Å². The summed E-state index contributed by atoms with van der Waals surface area (Å²) in [5.41, 5.74) is 1.67. The fourth-order valence-electron chi connectivity index (χ4n) is 4.21. The Morgan fingerprint density at radius 1 is 1.46 bits per heavy atom. The minimum absolute atomic E-state index is 0.0734. The molecule has 9 heteroatoms. The minimum Gasteiger partial charge on any atom is -0.488 e. The maximum Gasteiger partial charge on any atom is 0.264 e. The molecule has 0 bridgehead atoms. The maximum absolute atomic E-state index is 13.1. The first-order valence-corrected chi connectivity index (χ1v) is 10.1. The first-order chi connectivity index (χ1) is 12.6. The Morgan fingerprint density at radius 2 is 2.31 bits per heavy atom. The summed E-state index contributed by atoms with van der Waals surface area (Å²) >= 11 is 6.34. The number of aliphatic hydroxyl groups is 1. The van der Waals surface area contributed by atoms with Gasteiger partial charge in [0.05, 0.1) is 30.3 Å². The van der Waals surface area contributed by atoms with Crippen LogP contribution in [0, 0.1) is 5.92 Å². The van der Waals surface area contributed by atoms with E-state index in [0.717, 1.165) is 35.4 Å². The monoisotopic (exact) mass is 392 g/mol. The SMILES string of the molecule is O=C1N[C@](S)(C2CCC2)[C@H](CO)N2CCOc3c(-c4cn[nH]c4)sc1c32. The number of rotatable bonds is 3. The summed E-state index contributed by atoms with van der Waals surface area (Å²) in [6.07, 6.45) is 6.70. The molecule has 4 heterocycles. The summed E-state index contributed by atoms with van der Waals surface area (Å²) in [4.78, 5) is 16.0. The van der Waals surface area contributed by atoms with Crippen molar-refractivity contribution >= 4 is 35.6 Å². The first kappa shape index (κ1) is 16.5. The van der Waals surface area contributed by atoms with E-state index in [9.17, 15) is 9.90 Å². The Morgan fingerprint density at radius 3 is 2.96 bits per heavy atom. The Kier molecular flexibility index (Phi) is 3.74. The molecule has 7 nitrogen and oxygen atoms in total. The van der Waals surface area contributed by atoms with Crippen molar-refractivity contribution in [1.82, 2.24) is 15.5 Å². The molecule has 2 aliphatic heterocycles. The average Bonchev–Trinajstić information content (AvgIpc) is 3.19. The summed E-state index contributed by atoms with van der Waals surface area (Å²) in [6.45, 7) is 1.06. The molecule has 3 N–H and O–H groups in total. The van der Waals surface area contributed by atoms with Crippen LogP contribution >= 0.6 is 24.0 Å². The number of thiol groups is 1. The number of thiophene rings is 1. The summed E-state index contributed by atoms with van der Waals surface area (Å²) in [5.74, 6) is 0.826. The van der Waals surface area contributed by atoms with Gasteiger partial charge in [-0.2, -0.15) is 5.10 Å². The molecule has 1 aliphatic carbocycles. The van der Waals surface area contributed by atoms with Crippen LogP contribution in [0.2, 0.25) is 0 Å². The van der Waals surface area contributed by atoms with Gasteiger partial charge in [-0.15, -0.1) is 24.0 Å². The van der Waals surface area contributed by atoms with Crippen molar-refractivity contribution in [3.8, 4) is 16.2 Å². The topological polar surface area (TPSA) is 90.5 Å². The molecule has 3 aliphatic rings. The van der Waals surface area contributed by atoms with E-state index in [1.54, 1.807) is 12.4 Å². The van der Waals surface area contributed by atoms with Crippen LogP contribution < -0.4 is 15.0 Å². The number of amides is 1. The Hall–Kier alpha value is -1.71. The molecule has 1 amide bonds. The number of H-pyrrole nitrogens is 1. The number of carbonyl (C=O) groups excluding carboxylic acids is 1. The lowest BCUT2D eigenvalue weighted by molar-refractivity contribution is 0.0835. The van der Waals surface area contributed by atoms with Crippen LogP contribution in [-0.4, -0.2) is 51.9 Å². The van der Waals surface area contributed by atoms with Gasteiger partial charge in [-0.3, -0.25) is 9.89 Å². The largest absolute Gasteiger partial charge is 0.488 e. The second kappa shape index (κ2) is 5.90. The number of hydrogen-bond acceptors (Lipinski definition) is 7. The van der Waals surface area contributed by atoms with Crippen LogP contribution in [0.5, 0.6) is 5.75 Å². The third-order valence-corrected chi connectivity index (χ3v) is 7.75. The molecule has 26 heavy (non-hydrogen) atoms. The zero-order valence-electron chi connectivity index (χ0n) is 14.1. The van der Waals surface area contributed by atoms with Crippen LogP contribution in [-0.2, 0) is 0 Å². The summed E-state index contributed by atoms with van der Waals surface area (Å²) in [6, 6.07) is -0.296. The summed E-state index contributed by atoms with van der Waals surface area (Å²) < 4.78 is 5.97. The molecule has 1 saturated carbocycles. The number of carbonyl (C=O) groups is 1. The Balaban J connectivity index is 1.67. The molecule has 1 fully saturated rings. The number of nitrogens with zero attached hydrogens (tertiary/aromatic N) is 2. The van der Waals surface area contributed by atoms with Crippen molar-refractivity contribution in [2.75, 3.05) is 24.7 Å². The van der Waals surface area contributed by atoms with Gasteiger partial charge in [-0.05, 0) is 18.8 Å². The van der Waals surface area contributed by atoms with Gasteiger partial charge < -0.3 is 20.1 Å². The quantitative estimate of drug-likeness (QED) is 0.599. The minimum atomic E-state index is -0.743. The standard InChI is InChI=1S/C17H20N4O3S2/c22-8-11-17(25,10-2-1-3-10)20-16(23)15-12-13(24-5-4-21(11)12)14(26-15)9-6-18-19-7-9/h6-7,10-11,22,25H,1-5,8H2,(H,18,19)(H,20,23)/t11-,17-/m0/s1. The van der Waals surface area contributed by atoms with Crippen molar-refractivity contribution in [2.45, 2.75) is 30.2 Å². The van der Waals surface area contributed by atoms with Gasteiger partial charge in [0, 0.05) is 11.8 Å². The van der Waals surface area contributed by atoms with Crippen LogP contribution in [0.25, 0.3) is 10.4 Å². The van der Waals surface area contributed by atoms with E-state index < -0.39 is 4.87 Å². The highest BCUT2D eigenvalue weighted by Gasteiger charge is 2.52. The Bertz CT molecular complexity index is 849. The summed E-state index contributed by atoms with van der Waals surface area (Å²) in [7, 11) is 0. The first-order valence-electron chi connectivity index (χ1n) is 8.84. The number of aromatic nitrogens is 2. The molecule has 138 valence electrons. The summed E-state index contributed by atoms with van der Waals surface area (Å²) in [5, 5.41) is 20.2. The van der Waals surface area contributed by atoms with Crippen LogP contribution in [0.1, 0.15) is 28.9 Å². The fraction of sp³-hybridized carbons (Fsp3) is 0.529.